The summed E-state index contributed by atoms with van der Waals surface area (Å²) in [6, 6.07) is 8.57. The van der Waals surface area contributed by atoms with Crippen molar-refractivity contribution in [1.82, 2.24) is 15.5 Å². The number of hydrogen-bond acceptors (Lipinski definition) is 3. The van der Waals surface area contributed by atoms with Crippen LogP contribution in [0.25, 0.3) is 22.2 Å². The van der Waals surface area contributed by atoms with Crippen molar-refractivity contribution in [3.63, 3.8) is 0 Å². The number of amides is 1. The van der Waals surface area contributed by atoms with Gasteiger partial charge in [0.05, 0.1) is 12.9 Å². The number of carbonyl (C=O) groups is 1. The molecule has 4 rings (SSSR count). The van der Waals surface area contributed by atoms with Gasteiger partial charge < -0.3 is 10.1 Å². The molecule has 1 amide bonds. The Kier molecular flexibility index (Phi) is 4.12. The molecular formula is C19H15F2N3O2. The van der Waals surface area contributed by atoms with E-state index in [1.54, 1.807) is 24.5 Å². The minimum atomic E-state index is -0.591. The van der Waals surface area contributed by atoms with Gasteiger partial charge in [-0.2, -0.15) is 5.10 Å². The van der Waals surface area contributed by atoms with Gasteiger partial charge in [-0.15, -0.1) is 0 Å². The summed E-state index contributed by atoms with van der Waals surface area (Å²) in [5, 5.41) is 9.89. The molecule has 0 aliphatic carbocycles. The van der Waals surface area contributed by atoms with E-state index < -0.39 is 17.5 Å². The van der Waals surface area contributed by atoms with Gasteiger partial charge in [0.25, 0.3) is 5.91 Å². The van der Waals surface area contributed by atoms with E-state index in [0.29, 0.717) is 29.8 Å². The minimum Gasteiger partial charge on any atom is -0.501 e. The Bertz CT molecular complexity index is 1010. The Labute approximate surface area is 147 Å². The molecule has 26 heavy (non-hydrogen) atoms. The lowest BCUT2D eigenvalue weighted by atomic mass is 10.0. The van der Waals surface area contributed by atoms with Crippen LogP contribution in [0.3, 0.4) is 0 Å². The molecule has 0 radical (unpaired) electrons. The number of halogens is 2. The number of nitrogens with zero attached hydrogens (tertiary/aromatic N) is 1. The highest BCUT2D eigenvalue weighted by atomic mass is 19.1. The quantitative estimate of drug-likeness (QED) is 0.754. The molecule has 7 heteroatoms. The molecular weight excluding hydrogens is 340 g/mol. The summed E-state index contributed by atoms with van der Waals surface area (Å²) < 4.78 is 33.0. The Hall–Kier alpha value is -3.22. The third kappa shape index (κ3) is 3.03. The number of nitrogens with one attached hydrogen (secondary N) is 2. The second-order valence-corrected chi connectivity index (χ2v) is 6.10. The maximum absolute atomic E-state index is 14.4. The molecule has 1 atom stereocenters. The van der Waals surface area contributed by atoms with Crippen molar-refractivity contribution in [3.05, 3.63) is 65.9 Å². The molecule has 1 aliphatic heterocycles. The van der Waals surface area contributed by atoms with E-state index in [-0.39, 0.29) is 17.0 Å². The molecule has 1 aromatic heterocycles. The van der Waals surface area contributed by atoms with Crippen molar-refractivity contribution in [2.24, 2.45) is 5.92 Å². The summed E-state index contributed by atoms with van der Waals surface area (Å²) in [5.41, 5.74) is 1.24. The molecule has 5 nitrogen and oxygen atoms in total. The van der Waals surface area contributed by atoms with Gasteiger partial charge in [0, 0.05) is 29.0 Å². The maximum atomic E-state index is 14.4. The monoisotopic (exact) mass is 355 g/mol. The number of aromatic amines is 1. The van der Waals surface area contributed by atoms with Crippen molar-refractivity contribution >= 4 is 16.8 Å². The number of rotatable bonds is 4. The lowest BCUT2D eigenvalue weighted by Gasteiger charge is -2.09. The van der Waals surface area contributed by atoms with Crippen LogP contribution in [0.15, 0.2) is 48.7 Å². The number of hydrogen-bond donors (Lipinski definition) is 2. The number of benzene rings is 2. The molecule has 0 fully saturated rings. The van der Waals surface area contributed by atoms with Crippen molar-refractivity contribution in [2.75, 3.05) is 13.2 Å². The largest absolute Gasteiger partial charge is 0.501 e. The Balaban J connectivity index is 1.67. The van der Waals surface area contributed by atoms with Crippen molar-refractivity contribution in [3.8, 4) is 11.3 Å². The summed E-state index contributed by atoms with van der Waals surface area (Å²) >= 11 is 0. The smallest absolute Gasteiger partial charge is 0.251 e. The molecule has 132 valence electrons. The molecule has 3 aromatic rings. The normalized spacial score (nSPS) is 16.0. The van der Waals surface area contributed by atoms with Gasteiger partial charge in [0.1, 0.15) is 22.8 Å². The summed E-state index contributed by atoms with van der Waals surface area (Å²) in [4.78, 5) is 12.4. The highest BCUT2D eigenvalue weighted by molar-refractivity contribution is 6.01. The van der Waals surface area contributed by atoms with Crippen LogP contribution in [0.5, 0.6) is 0 Å². The van der Waals surface area contributed by atoms with Crippen LogP contribution in [0.4, 0.5) is 8.78 Å². The predicted molar refractivity (Wildman–Crippen MR) is 92.4 cm³/mol. The summed E-state index contributed by atoms with van der Waals surface area (Å²) in [5.74, 6) is -1.30. The van der Waals surface area contributed by atoms with Gasteiger partial charge in [-0.1, -0.05) is 12.1 Å². The van der Waals surface area contributed by atoms with Crippen molar-refractivity contribution in [2.45, 2.75) is 0 Å². The third-order valence-corrected chi connectivity index (χ3v) is 4.27. The zero-order valence-corrected chi connectivity index (χ0v) is 13.6. The van der Waals surface area contributed by atoms with Gasteiger partial charge >= 0.3 is 0 Å². The van der Waals surface area contributed by atoms with Gasteiger partial charge in [-0.25, -0.2) is 8.78 Å². The molecule has 2 N–H and O–H groups in total. The standard InChI is InChI=1S/C19H15F2N3O2/c20-14-3-1-2-12(6-14)17-15-7-13(8-16(21)18(15)24-23-17)19(25)22-9-11-4-5-26-10-11/h1-8,11H,9-10H2,(H,22,25)(H,23,24). The average molecular weight is 355 g/mol. The molecule has 2 heterocycles. The van der Waals surface area contributed by atoms with Crippen LogP contribution in [0, 0.1) is 17.6 Å². The average Bonchev–Trinajstić information content (AvgIpc) is 3.29. The Morgan fingerprint density at radius 1 is 1.31 bits per heavy atom. The van der Waals surface area contributed by atoms with Gasteiger partial charge in [0.15, 0.2) is 0 Å². The molecule has 0 saturated carbocycles. The van der Waals surface area contributed by atoms with E-state index in [1.165, 1.54) is 12.1 Å². The topological polar surface area (TPSA) is 67.0 Å². The highest BCUT2D eigenvalue weighted by Crippen LogP contribution is 2.29. The first-order chi connectivity index (χ1) is 12.6. The fraction of sp³-hybridized carbons (Fsp3) is 0.158. The zero-order chi connectivity index (χ0) is 18.1. The van der Waals surface area contributed by atoms with E-state index in [2.05, 4.69) is 15.5 Å². The highest BCUT2D eigenvalue weighted by Gasteiger charge is 2.18. The van der Waals surface area contributed by atoms with Gasteiger partial charge in [0.2, 0.25) is 0 Å². The first-order valence-electron chi connectivity index (χ1n) is 8.12. The van der Waals surface area contributed by atoms with E-state index in [4.69, 9.17) is 4.74 Å². The Morgan fingerprint density at radius 3 is 2.96 bits per heavy atom. The van der Waals surface area contributed by atoms with Crippen LogP contribution in [-0.4, -0.2) is 29.3 Å². The van der Waals surface area contributed by atoms with Crippen LogP contribution in [0.1, 0.15) is 10.4 Å². The first-order valence-corrected chi connectivity index (χ1v) is 8.12. The van der Waals surface area contributed by atoms with Crippen LogP contribution < -0.4 is 5.32 Å². The molecule has 2 aromatic carbocycles. The van der Waals surface area contributed by atoms with E-state index in [9.17, 15) is 13.6 Å². The van der Waals surface area contributed by atoms with E-state index >= 15 is 0 Å². The third-order valence-electron chi connectivity index (χ3n) is 4.27. The van der Waals surface area contributed by atoms with Crippen LogP contribution in [0.2, 0.25) is 0 Å². The van der Waals surface area contributed by atoms with E-state index in [0.717, 1.165) is 6.07 Å². The second kappa shape index (κ2) is 6.59. The number of aromatic nitrogens is 2. The lowest BCUT2D eigenvalue weighted by molar-refractivity contribution is 0.0946. The van der Waals surface area contributed by atoms with E-state index in [1.807, 2.05) is 6.08 Å². The summed E-state index contributed by atoms with van der Waals surface area (Å²) in [6.07, 6.45) is 3.46. The zero-order valence-electron chi connectivity index (χ0n) is 13.6. The van der Waals surface area contributed by atoms with Crippen molar-refractivity contribution < 1.29 is 18.3 Å². The summed E-state index contributed by atoms with van der Waals surface area (Å²) in [6.45, 7) is 0.913. The first kappa shape index (κ1) is 16.3. The van der Waals surface area contributed by atoms with Gasteiger partial charge in [-0.05, 0) is 30.3 Å². The summed E-state index contributed by atoms with van der Waals surface area (Å²) in [7, 11) is 0. The molecule has 0 bridgehead atoms. The SMILES string of the molecule is O=C(NCC1C=COC1)c1cc(F)c2[nH]nc(-c3cccc(F)c3)c2c1. The fourth-order valence-corrected chi connectivity index (χ4v) is 2.92. The Morgan fingerprint density at radius 2 is 2.19 bits per heavy atom. The molecule has 0 spiro atoms. The number of fused-ring (bicyclic) bond motifs is 1. The second-order valence-electron chi connectivity index (χ2n) is 6.10. The lowest BCUT2D eigenvalue weighted by Crippen LogP contribution is -2.29. The maximum Gasteiger partial charge on any atom is 0.251 e. The number of ether oxygens (including phenoxy) is 1. The number of carbonyl (C=O) groups excluding carboxylic acids is 1. The predicted octanol–water partition coefficient (Wildman–Crippen LogP) is 3.40. The van der Waals surface area contributed by atoms with Crippen LogP contribution in [-0.2, 0) is 4.74 Å². The van der Waals surface area contributed by atoms with Crippen molar-refractivity contribution in [1.29, 1.82) is 0 Å². The number of H-pyrrole nitrogens is 1. The van der Waals surface area contributed by atoms with Crippen LogP contribution >= 0.6 is 0 Å². The minimum absolute atomic E-state index is 0.101. The fourth-order valence-electron chi connectivity index (χ4n) is 2.92. The molecule has 1 aliphatic rings. The molecule has 0 saturated heterocycles. The molecule has 1 unspecified atom stereocenters. The van der Waals surface area contributed by atoms with Gasteiger partial charge in [-0.3, -0.25) is 9.89 Å².